The predicted molar refractivity (Wildman–Crippen MR) is 302 cm³/mol. The van der Waals surface area contributed by atoms with E-state index >= 15 is 9.59 Å². The number of H-pyrrole nitrogens is 2. The van der Waals surface area contributed by atoms with Crippen molar-refractivity contribution in [1.82, 2.24) is 35.5 Å². The van der Waals surface area contributed by atoms with Crippen LogP contribution in [0.5, 0.6) is 0 Å². The van der Waals surface area contributed by atoms with Gasteiger partial charge in [0.1, 0.15) is 79.4 Å². The van der Waals surface area contributed by atoms with Gasteiger partial charge in [0.05, 0.1) is 68.1 Å². The lowest BCUT2D eigenvalue weighted by atomic mass is 9.80. The summed E-state index contributed by atoms with van der Waals surface area (Å²) in [6.07, 6.45) is -39.8. The first kappa shape index (κ1) is 71.5. The summed E-state index contributed by atoms with van der Waals surface area (Å²) in [6.45, 7) is 0.565. The Morgan fingerprint density at radius 3 is 1.49 bits per heavy atom. The summed E-state index contributed by atoms with van der Waals surface area (Å²) in [5, 5.41) is 180. The summed E-state index contributed by atoms with van der Waals surface area (Å²) < 4.78 is 37.4. The van der Waals surface area contributed by atoms with Gasteiger partial charge in [0.15, 0.2) is 6.29 Å². The number of benzene rings is 2. The number of ether oxygens (including phenoxy) is 6. The Morgan fingerprint density at radius 2 is 1.09 bits per heavy atom. The molecule has 0 bridgehead atoms. The van der Waals surface area contributed by atoms with Crippen LogP contribution in [0.25, 0.3) is 11.4 Å². The topological polar surface area (TPSA) is 556 Å². The van der Waals surface area contributed by atoms with Gasteiger partial charge < -0.3 is 121 Å². The largest absolute Gasteiger partial charge is 0.477 e. The summed E-state index contributed by atoms with van der Waals surface area (Å²) >= 11 is 0. The van der Waals surface area contributed by atoms with Crippen molar-refractivity contribution in [2.45, 2.75) is 181 Å². The number of aliphatic hydroxyl groups excluding tert-OH is 13. The van der Waals surface area contributed by atoms with Gasteiger partial charge in [0, 0.05) is 62.0 Å². The van der Waals surface area contributed by atoms with Crippen LogP contribution in [0.4, 0.5) is 0 Å². The first-order valence-corrected chi connectivity index (χ1v) is 28.5. The number of carbonyl (C=O) groups is 5. The molecule has 2 aromatic carbocycles. The van der Waals surface area contributed by atoms with Crippen LogP contribution in [0.3, 0.4) is 0 Å². The Kier molecular flexibility index (Phi) is 23.4. The molecule has 0 radical (unpaired) electrons. The van der Waals surface area contributed by atoms with Crippen LogP contribution in [0.1, 0.15) is 62.0 Å². The molecule has 0 unspecified atom stereocenters. The third-order valence-electron chi connectivity index (χ3n) is 16.0. The molecule has 3 aliphatic heterocycles. The Hall–Kier alpha value is -6.95. The molecule has 7 rings (SSSR count). The molecule has 20 N–H and O–H groups in total. The number of para-hydroxylation sites is 2. The zero-order valence-corrected chi connectivity index (χ0v) is 49.5. The molecular formula is C56H77N7O28. The Labute approximate surface area is 515 Å². The number of aliphatic hydroxyl groups is 13. The monoisotopic (exact) mass is 1300 g/mol. The van der Waals surface area contributed by atoms with E-state index < -0.39 is 214 Å². The SMILES string of the molecule is CC(=O)N[C@H]1[C@H]([C@@H](O)[C@H](O)CO)O[C@@](OC[C@@H](O)[C@H](O)[C@H](O[C@@H]2O[C@H](CO)[C@H](O)[C@H](O[C@]3(C(=O)O)C[C@H](O)[C@@H](NC(C)=O)[C@H]([C@H](O)[C@H](O)CO)O3)[C@H]2O)[C@@H](NC(C)=O)C(c2c(C)[nH]n(-c3ccccc3)c2=O)c2c(C)[nH]n(-c3ccccc3)c2=O)(C(=O)O)C[C@@H]1O. The molecule has 2 aromatic heterocycles. The molecule has 3 fully saturated rings. The molecule has 4 aromatic rings. The van der Waals surface area contributed by atoms with Gasteiger partial charge in [-0.05, 0) is 38.1 Å². The van der Waals surface area contributed by atoms with E-state index in [1.54, 1.807) is 36.4 Å². The maximum atomic E-state index is 15.2. The van der Waals surface area contributed by atoms with E-state index in [2.05, 4.69) is 26.1 Å². The fourth-order valence-electron chi connectivity index (χ4n) is 11.6. The van der Waals surface area contributed by atoms with Gasteiger partial charge in [-0.2, -0.15) is 0 Å². The van der Waals surface area contributed by atoms with Crippen LogP contribution >= 0.6 is 0 Å². The van der Waals surface area contributed by atoms with Crippen LogP contribution in [-0.4, -0.2) is 280 Å². The molecule has 3 saturated heterocycles. The van der Waals surface area contributed by atoms with Gasteiger partial charge in [-0.15, -0.1) is 0 Å². The number of carbonyl (C=O) groups excluding carboxylic acids is 3. The predicted octanol–water partition coefficient (Wildman–Crippen LogP) is -7.86. The molecular weight excluding hydrogens is 1220 g/mol. The first-order chi connectivity index (χ1) is 42.9. The minimum atomic E-state index is -3.35. The van der Waals surface area contributed by atoms with Crippen LogP contribution in [0.15, 0.2) is 70.3 Å². The highest BCUT2D eigenvalue weighted by Gasteiger charge is 2.61. The number of amides is 3. The number of nitrogens with zero attached hydrogens (tertiary/aromatic N) is 2. The van der Waals surface area contributed by atoms with Crippen molar-refractivity contribution in [1.29, 1.82) is 0 Å². The quantitative estimate of drug-likeness (QED) is 0.0264. The van der Waals surface area contributed by atoms with Gasteiger partial charge in [-0.1, -0.05) is 36.4 Å². The van der Waals surface area contributed by atoms with Gasteiger partial charge in [-0.25, -0.2) is 19.0 Å². The van der Waals surface area contributed by atoms with Crippen LogP contribution in [-0.2, 0) is 52.4 Å². The third kappa shape index (κ3) is 15.1. The number of carboxylic acids is 2. The zero-order valence-electron chi connectivity index (χ0n) is 49.5. The molecule has 0 spiro atoms. The summed E-state index contributed by atoms with van der Waals surface area (Å²) in [5.74, 6) is -15.5. The number of hydrogen-bond acceptors (Lipinski definition) is 26. The number of aromatic amines is 2. The van der Waals surface area contributed by atoms with Crippen LogP contribution < -0.4 is 27.1 Å². The molecule has 0 saturated carbocycles. The van der Waals surface area contributed by atoms with Crippen molar-refractivity contribution >= 4 is 29.7 Å². The molecule has 35 heteroatoms. The smallest absolute Gasteiger partial charge is 0.364 e. The number of hydrogen-bond donors (Lipinski definition) is 20. The number of rotatable bonds is 27. The molecule has 5 heterocycles. The number of aryl methyl sites for hydroxylation is 2. The normalized spacial score (nSPS) is 29.6. The van der Waals surface area contributed by atoms with Gasteiger partial charge in [0.2, 0.25) is 17.7 Å². The third-order valence-corrected chi connectivity index (χ3v) is 16.0. The lowest BCUT2D eigenvalue weighted by Crippen LogP contribution is -2.70. The average Bonchev–Trinajstić information content (AvgIpc) is 1.75. The molecule has 3 aliphatic rings. The highest BCUT2D eigenvalue weighted by Crippen LogP contribution is 2.41. The van der Waals surface area contributed by atoms with Gasteiger partial charge in [-0.3, -0.25) is 34.2 Å². The minimum absolute atomic E-state index is 0.0233. The highest BCUT2D eigenvalue weighted by atomic mass is 16.8. The Balaban J connectivity index is 1.42. The molecule has 21 atom stereocenters. The standard InChI is InChI=1S/C56H77N7O28/c1-22-35(50(80)62(60-22)27-12-8-6-9-13-27)37(36-23(2)61-63(51(36)81)28-14-10-7-11-15-28)40(59-26(5)69)46(43(77)33(74)21-86-55(53(82)83)16-29(70)38(57-24(3)67)47(89-55)41(75)31(72)18-64)88-52-45(79)49(44(78)34(20-66)87-52)91-56(54(84)85)17-30(71)39(58-25(4)68)48(90-56)42(76)32(73)19-65/h6-15,29-34,37-49,52,60-61,64-66,70-79H,16-21H2,1-5H3,(H,57,67)(H,58,68)(H,59,69)(H,82,83)(H,84,85)/t29-,30-,31+,32+,33+,34+,38+,39+,40-,41-,42+,43-,44-,45+,46+,47+,48+,49-,52-,55+,56-/m0/s1. The van der Waals surface area contributed by atoms with E-state index in [4.69, 9.17) is 28.4 Å². The Bertz CT molecular complexity index is 3180. The number of aromatic nitrogens is 4. The highest BCUT2D eigenvalue weighted by molar-refractivity contribution is 5.77. The molecule has 35 nitrogen and oxygen atoms in total. The number of aliphatic carboxylic acids is 2. The van der Waals surface area contributed by atoms with E-state index in [1.165, 1.54) is 38.1 Å². The summed E-state index contributed by atoms with van der Waals surface area (Å²) in [4.78, 5) is 95.7. The lowest BCUT2D eigenvalue weighted by molar-refractivity contribution is -0.376. The Morgan fingerprint density at radius 1 is 0.648 bits per heavy atom. The lowest BCUT2D eigenvalue weighted by Gasteiger charge is -2.50. The zero-order chi connectivity index (χ0) is 67.3. The molecule has 3 amide bonds. The summed E-state index contributed by atoms with van der Waals surface area (Å²) in [5.41, 5.74) is -2.16. The van der Waals surface area contributed by atoms with E-state index in [9.17, 15) is 101 Å². The second-order valence-corrected chi connectivity index (χ2v) is 22.5. The molecule has 91 heavy (non-hydrogen) atoms. The van der Waals surface area contributed by atoms with Crippen molar-refractivity contribution in [2.75, 3.05) is 26.4 Å². The van der Waals surface area contributed by atoms with Crippen molar-refractivity contribution in [3.8, 4) is 11.4 Å². The number of carboxylic acid groups (broad SMARTS) is 2. The maximum absolute atomic E-state index is 15.2. The average molecular weight is 1300 g/mol. The summed E-state index contributed by atoms with van der Waals surface area (Å²) in [6, 6.07) is 10.1. The van der Waals surface area contributed by atoms with Crippen molar-refractivity contribution < 1.29 is 129 Å². The second kappa shape index (κ2) is 29.8. The van der Waals surface area contributed by atoms with Gasteiger partial charge in [0.25, 0.3) is 22.7 Å². The van der Waals surface area contributed by atoms with E-state index in [-0.39, 0.29) is 33.9 Å². The van der Waals surface area contributed by atoms with Crippen molar-refractivity contribution in [3.63, 3.8) is 0 Å². The van der Waals surface area contributed by atoms with Crippen molar-refractivity contribution in [3.05, 3.63) is 104 Å². The summed E-state index contributed by atoms with van der Waals surface area (Å²) in [7, 11) is 0. The number of nitrogens with one attached hydrogen (secondary N) is 5. The van der Waals surface area contributed by atoms with Crippen molar-refractivity contribution in [2.24, 2.45) is 0 Å². The molecule has 0 aliphatic carbocycles. The fraction of sp³-hybridized carbons (Fsp3) is 0.589. The van der Waals surface area contributed by atoms with Gasteiger partial charge >= 0.3 is 11.9 Å². The van der Waals surface area contributed by atoms with Crippen LogP contribution in [0, 0.1) is 13.8 Å². The van der Waals surface area contributed by atoms with Crippen LogP contribution in [0.2, 0.25) is 0 Å². The first-order valence-electron chi connectivity index (χ1n) is 28.5. The maximum Gasteiger partial charge on any atom is 0.364 e. The minimum Gasteiger partial charge on any atom is -0.477 e. The van der Waals surface area contributed by atoms with E-state index in [1.807, 2.05) is 0 Å². The second-order valence-electron chi connectivity index (χ2n) is 22.5. The van der Waals surface area contributed by atoms with E-state index in [0.717, 1.165) is 30.1 Å². The molecule has 504 valence electrons. The van der Waals surface area contributed by atoms with E-state index in [0.29, 0.717) is 0 Å². The fourth-order valence-corrected chi connectivity index (χ4v) is 11.6.